The van der Waals surface area contributed by atoms with Gasteiger partial charge in [-0.25, -0.2) is 9.67 Å². The number of carbonyl (C=O) groups is 1. The van der Waals surface area contributed by atoms with Gasteiger partial charge in [-0.1, -0.05) is 12.1 Å². The normalized spacial score (nSPS) is 10.5. The number of nitro benzene ring substituents is 1. The Hall–Kier alpha value is -3.55. The van der Waals surface area contributed by atoms with Crippen LogP contribution in [0.25, 0.3) is 17.1 Å². The van der Waals surface area contributed by atoms with Gasteiger partial charge in [0.1, 0.15) is 0 Å². The van der Waals surface area contributed by atoms with Gasteiger partial charge < -0.3 is 5.73 Å². The van der Waals surface area contributed by atoms with Crippen molar-refractivity contribution >= 4 is 11.6 Å². The maximum atomic E-state index is 11.4. The fourth-order valence-electron chi connectivity index (χ4n) is 2.28. The standard InChI is InChI=1S/C16H13N5O3/c1-10-3-2-4-13(9-10)20-16(18-15(19-20)14(17)22)11-5-7-12(8-6-11)21(23)24/h2-9H,1H3,(H2,17,22). The zero-order valence-corrected chi connectivity index (χ0v) is 12.7. The Bertz CT molecular complexity index is 931. The largest absolute Gasteiger partial charge is 0.363 e. The second kappa shape index (κ2) is 5.92. The molecule has 0 aliphatic heterocycles. The molecule has 1 heterocycles. The molecule has 8 nitrogen and oxygen atoms in total. The number of hydrogen-bond acceptors (Lipinski definition) is 5. The van der Waals surface area contributed by atoms with Gasteiger partial charge >= 0.3 is 0 Å². The lowest BCUT2D eigenvalue weighted by molar-refractivity contribution is -0.384. The minimum absolute atomic E-state index is 0.0319. The molecule has 0 radical (unpaired) electrons. The number of rotatable bonds is 4. The predicted molar refractivity (Wildman–Crippen MR) is 86.7 cm³/mol. The zero-order valence-electron chi connectivity index (χ0n) is 12.7. The number of non-ortho nitro benzene ring substituents is 1. The van der Waals surface area contributed by atoms with E-state index in [1.807, 2.05) is 31.2 Å². The van der Waals surface area contributed by atoms with E-state index in [9.17, 15) is 14.9 Å². The summed E-state index contributed by atoms with van der Waals surface area (Å²) in [5.74, 6) is -0.487. The number of nitrogens with zero attached hydrogens (tertiary/aromatic N) is 4. The van der Waals surface area contributed by atoms with Crippen LogP contribution >= 0.6 is 0 Å². The fraction of sp³-hybridized carbons (Fsp3) is 0.0625. The Balaban J connectivity index is 2.15. The first-order valence-corrected chi connectivity index (χ1v) is 7.04. The SMILES string of the molecule is Cc1cccc(-n2nc(C(N)=O)nc2-c2ccc([N+](=O)[O-])cc2)c1. The van der Waals surface area contributed by atoms with Crippen LogP contribution in [-0.2, 0) is 0 Å². The topological polar surface area (TPSA) is 117 Å². The molecule has 0 fully saturated rings. The molecule has 3 aromatic rings. The summed E-state index contributed by atoms with van der Waals surface area (Å²) in [5.41, 5.74) is 7.56. The van der Waals surface area contributed by atoms with Gasteiger partial charge in [-0.2, -0.15) is 0 Å². The van der Waals surface area contributed by atoms with Gasteiger partial charge in [0.2, 0.25) is 5.82 Å². The number of aromatic nitrogens is 3. The smallest absolute Gasteiger partial charge is 0.288 e. The number of nitro groups is 1. The van der Waals surface area contributed by atoms with E-state index in [2.05, 4.69) is 10.1 Å². The maximum absolute atomic E-state index is 11.4. The Labute approximate surface area is 136 Å². The van der Waals surface area contributed by atoms with Crippen molar-refractivity contribution < 1.29 is 9.72 Å². The maximum Gasteiger partial charge on any atom is 0.288 e. The van der Waals surface area contributed by atoms with Crippen molar-refractivity contribution in [2.45, 2.75) is 6.92 Å². The molecule has 2 aromatic carbocycles. The van der Waals surface area contributed by atoms with E-state index >= 15 is 0 Å². The van der Waals surface area contributed by atoms with E-state index in [1.54, 1.807) is 12.1 Å². The third kappa shape index (κ3) is 2.84. The lowest BCUT2D eigenvalue weighted by atomic mass is 10.2. The van der Waals surface area contributed by atoms with E-state index in [0.717, 1.165) is 5.56 Å². The van der Waals surface area contributed by atoms with Gasteiger partial charge in [0.05, 0.1) is 10.6 Å². The van der Waals surface area contributed by atoms with Crippen LogP contribution in [0, 0.1) is 17.0 Å². The number of benzene rings is 2. The van der Waals surface area contributed by atoms with E-state index in [4.69, 9.17) is 5.73 Å². The number of nitrogens with two attached hydrogens (primary N) is 1. The van der Waals surface area contributed by atoms with Crippen LogP contribution in [-0.4, -0.2) is 25.6 Å². The lowest BCUT2D eigenvalue weighted by Gasteiger charge is -2.06. The number of primary amides is 1. The summed E-state index contributed by atoms with van der Waals surface area (Å²) >= 11 is 0. The molecule has 0 aliphatic rings. The molecule has 120 valence electrons. The highest BCUT2D eigenvalue weighted by Crippen LogP contribution is 2.24. The minimum atomic E-state index is -0.746. The molecular formula is C16H13N5O3. The van der Waals surface area contributed by atoms with E-state index in [-0.39, 0.29) is 11.5 Å². The summed E-state index contributed by atoms with van der Waals surface area (Å²) < 4.78 is 1.49. The van der Waals surface area contributed by atoms with Crippen LogP contribution in [0.15, 0.2) is 48.5 Å². The molecular weight excluding hydrogens is 310 g/mol. The summed E-state index contributed by atoms with van der Waals surface area (Å²) in [6.45, 7) is 1.93. The Morgan fingerprint density at radius 1 is 1.21 bits per heavy atom. The Morgan fingerprint density at radius 3 is 2.50 bits per heavy atom. The molecule has 24 heavy (non-hydrogen) atoms. The molecule has 0 bridgehead atoms. The zero-order chi connectivity index (χ0) is 17.3. The van der Waals surface area contributed by atoms with E-state index < -0.39 is 10.8 Å². The van der Waals surface area contributed by atoms with Crippen molar-refractivity contribution in [1.82, 2.24) is 14.8 Å². The summed E-state index contributed by atoms with van der Waals surface area (Å²) in [6, 6.07) is 13.3. The molecule has 0 spiro atoms. The van der Waals surface area contributed by atoms with Gasteiger partial charge in [0, 0.05) is 17.7 Å². The fourth-order valence-corrected chi connectivity index (χ4v) is 2.28. The van der Waals surface area contributed by atoms with Crippen molar-refractivity contribution in [1.29, 1.82) is 0 Å². The van der Waals surface area contributed by atoms with Crippen molar-refractivity contribution in [3.63, 3.8) is 0 Å². The monoisotopic (exact) mass is 323 g/mol. The summed E-state index contributed by atoms with van der Waals surface area (Å²) in [6.07, 6.45) is 0. The van der Waals surface area contributed by atoms with Crippen molar-refractivity contribution in [2.24, 2.45) is 5.73 Å². The number of aryl methyl sites for hydroxylation is 1. The Morgan fingerprint density at radius 2 is 1.92 bits per heavy atom. The summed E-state index contributed by atoms with van der Waals surface area (Å²) in [5, 5.41) is 14.9. The van der Waals surface area contributed by atoms with Crippen LogP contribution in [0.3, 0.4) is 0 Å². The molecule has 0 saturated heterocycles. The van der Waals surface area contributed by atoms with Gasteiger partial charge in [-0.15, -0.1) is 5.10 Å². The van der Waals surface area contributed by atoms with Crippen LogP contribution < -0.4 is 5.73 Å². The van der Waals surface area contributed by atoms with Gasteiger partial charge in [0.25, 0.3) is 11.6 Å². The van der Waals surface area contributed by atoms with Gasteiger partial charge in [-0.3, -0.25) is 14.9 Å². The third-order valence-electron chi connectivity index (χ3n) is 3.41. The predicted octanol–water partition coefficient (Wildman–Crippen LogP) is 2.25. The molecule has 1 amide bonds. The third-order valence-corrected chi connectivity index (χ3v) is 3.41. The minimum Gasteiger partial charge on any atom is -0.363 e. The second-order valence-electron chi connectivity index (χ2n) is 5.18. The average molecular weight is 323 g/mol. The van der Waals surface area contributed by atoms with E-state index in [1.165, 1.54) is 16.8 Å². The highest BCUT2D eigenvalue weighted by molar-refractivity contribution is 5.89. The molecule has 1 aromatic heterocycles. The van der Waals surface area contributed by atoms with Crippen LogP contribution in [0.2, 0.25) is 0 Å². The van der Waals surface area contributed by atoms with Crippen molar-refractivity contribution in [2.75, 3.05) is 0 Å². The van der Waals surface area contributed by atoms with Gasteiger partial charge in [-0.05, 0) is 36.8 Å². The van der Waals surface area contributed by atoms with Gasteiger partial charge in [0.15, 0.2) is 5.82 Å². The molecule has 2 N–H and O–H groups in total. The number of hydrogen-bond donors (Lipinski definition) is 1. The first kappa shape index (κ1) is 15.3. The molecule has 0 aliphatic carbocycles. The van der Waals surface area contributed by atoms with Crippen LogP contribution in [0.1, 0.15) is 16.2 Å². The second-order valence-corrected chi connectivity index (χ2v) is 5.18. The van der Waals surface area contributed by atoms with Crippen molar-refractivity contribution in [3.05, 3.63) is 70.0 Å². The number of carbonyl (C=O) groups excluding carboxylic acids is 1. The molecule has 0 unspecified atom stereocenters. The molecule has 0 saturated carbocycles. The van der Waals surface area contributed by atoms with Crippen LogP contribution in [0.5, 0.6) is 0 Å². The van der Waals surface area contributed by atoms with E-state index in [0.29, 0.717) is 17.1 Å². The summed E-state index contributed by atoms with van der Waals surface area (Å²) in [4.78, 5) is 25.9. The number of amides is 1. The Kier molecular flexibility index (Phi) is 3.78. The average Bonchev–Trinajstić information content (AvgIpc) is 3.00. The first-order chi connectivity index (χ1) is 11.5. The molecule has 3 rings (SSSR count). The van der Waals surface area contributed by atoms with Crippen molar-refractivity contribution in [3.8, 4) is 17.1 Å². The first-order valence-electron chi connectivity index (χ1n) is 7.04. The van der Waals surface area contributed by atoms with Crippen LogP contribution in [0.4, 0.5) is 5.69 Å². The molecule has 0 atom stereocenters. The lowest BCUT2D eigenvalue weighted by Crippen LogP contribution is -2.13. The summed E-state index contributed by atoms with van der Waals surface area (Å²) in [7, 11) is 0. The highest BCUT2D eigenvalue weighted by Gasteiger charge is 2.17. The molecule has 8 heteroatoms. The highest BCUT2D eigenvalue weighted by atomic mass is 16.6. The quantitative estimate of drug-likeness (QED) is 0.583.